The average molecular weight is 493 g/mol. The van der Waals surface area contributed by atoms with E-state index in [1.165, 1.54) is 57.3 Å². The second-order valence-electron chi connectivity index (χ2n) is 13.1. The molecule has 2 aromatic rings. The molecule has 6 rings (SSSR count). The van der Waals surface area contributed by atoms with Gasteiger partial charge in [0.15, 0.2) is 5.78 Å². The van der Waals surface area contributed by atoms with E-state index in [0.29, 0.717) is 22.6 Å². The van der Waals surface area contributed by atoms with Crippen molar-refractivity contribution in [3.8, 4) is 5.88 Å². The molecule has 0 amide bonds. The third-order valence-electron chi connectivity index (χ3n) is 11.5. The van der Waals surface area contributed by atoms with E-state index in [4.69, 9.17) is 4.74 Å². The van der Waals surface area contributed by atoms with Gasteiger partial charge in [-0.15, -0.1) is 0 Å². The van der Waals surface area contributed by atoms with Gasteiger partial charge in [-0.05, 0) is 104 Å². The normalized spacial score (nSPS) is 40.1. The molecule has 0 N–H and O–H groups in total. The van der Waals surface area contributed by atoms with E-state index in [1.54, 1.807) is 12.1 Å². The Bertz CT molecular complexity index is 1150. The first-order chi connectivity index (χ1) is 17.3. The highest BCUT2D eigenvalue weighted by Gasteiger charge is 2.59. The molecular formula is C31H41FN2O2. The number of Topliss-reactive ketones (excluding diaryl/α,β-unsaturated/α-hetero) is 1. The van der Waals surface area contributed by atoms with Crippen LogP contribution in [0.4, 0.5) is 4.39 Å². The van der Waals surface area contributed by atoms with Gasteiger partial charge in [0.1, 0.15) is 24.3 Å². The Balaban J connectivity index is 1.20. The second kappa shape index (κ2) is 9.06. The van der Waals surface area contributed by atoms with E-state index in [1.807, 2.05) is 0 Å². The molecule has 1 aromatic carbocycles. The molecule has 4 aliphatic rings. The minimum absolute atomic E-state index is 0.00137. The smallest absolute Gasteiger partial charge is 0.224 e. The van der Waals surface area contributed by atoms with Gasteiger partial charge in [-0.2, -0.15) is 0 Å². The van der Waals surface area contributed by atoms with E-state index in [-0.39, 0.29) is 29.2 Å². The lowest BCUT2D eigenvalue weighted by Gasteiger charge is -2.63. The molecule has 4 fully saturated rings. The number of aromatic nitrogens is 2. The summed E-state index contributed by atoms with van der Waals surface area (Å²) in [6, 6.07) is 4.76. The number of benzene rings is 1. The first kappa shape index (κ1) is 24.3. The number of hydrogen-bond acceptors (Lipinski definition) is 4. The number of para-hydroxylation sites is 1. The van der Waals surface area contributed by atoms with Crippen LogP contribution in [0.1, 0.15) is 85.0 Å². The maximum atomic E-state index is 14.2. The van der Waals surface area contributed by atoms with E-state index >= 15 is 0 Å². The van der Waals surface area contributed by atoms with E-state index in [9.17, 15) is 9.18 Å². The maximum absolute atomic E-state index is 14.2. The molecule has 0 bridgehead atoms. The van der Waals surface area contributed by atoms with Gasteiger partial charge in [0.25, 0.3) is 0 Å². The van der Waals surface area contributed by atoms with Gasteiger partial charge < -0.3 is 4.74 Å². The van der Waals surface area contributed by atoms with Crippen LogP contribution in [-0.2, 0) is 4.79 Å². The number of halogens is 1. The van der Waals surface area contributed by atoms with Crippen molar-refractivity contribution in [3.05, 3.63) is 30.3 Å². The van der Waals surface area contributed by atoms with Gasteiger partial charge in [0.2, 0.25) is 5.88 Å². The Morgan fingerprint density at radius 2 is 1.83 bits per heavy atom. The van der Waals surface area contributed by atoms with Crippen LogP contribution in [0.15, 0.2) is 24.5 Å². The molecule has 0 unspecified atom stereocenters. The van der Waals surface area contributed by atoms with E-state index in [2.05, 4.69) is 30.7 Å². The largest absolute Gasteiger partial charge is 0.469 e. The Kier molecular flexibility index (Phi) is 6.12. The zero-order valence-electron chi connectivity index (χ0n) is 22.1. The average Bonchev–Trinajstić information content (AvgIpc) is 2.87. The first-order valence-electron chi connectivity index (χ1n) is 14.4. The molecule has 194 valence electrons. The first-order valence-corrected chi connectivity index (χ1v) is 14.4. The lowest BCUT2D eigenvalue weighted by Crippen LogP contribution is -2.57. The quantitative estimate of drug-likeness (QED) is 0.446. The summed E-state index contributed by atoms with van der Waals surface area (Å²) in [6.07, 6.45) is 14.1. The molecule has 0 saturated heterocycles. The van der Waals surface area contributed by atoms with Gasteiger partial charge in [-0.1, -0.05) is 39.7 Å². The summed E-state index contributed by atoms with van der Waals surface area (Å²) in [4.78, 5) is 21.9. The summed E-state index contributed by atoms with van der Waals surface area (Å²) in [5, 5.41) is 0.519. The zero-order valence-corrected chi connectivity index (χ0v) is 22.1. The summed E-state index contributed by atoms with van der Waals surface area (Å²) < 4.78 is 20.1. The molecule has 0 aliphatic heterocycles. The fourth-order valence-electron chi connectivity index (χ4n) is 9.58. The van der Waals surface area contributed by atoms with Crippen LogP contribution in [-0.4, -0.2) is 22.4 Å². The topological polar surface area (TPSA) is 52.1 Å². The molecular weight excluding hydrogens is 451 g/mol. The van der Waals surface area contributed by atoms with E-state index < -0.39 is 5.82 Å². The Labute approximate surface area is 214 Å². The monoisotopic (exact) mass is 492 g/mol. The number of ketones is 1. The van der Waals surface area contributed by atoms with Crippen LogP contribution in [0.25, 0.3) is 10.9 Å². The highest BCUT2D eigenvalue weighted by Crippen LogP contribution is 2.66. The van der Waals surface area contributed by atoms with Crippen molar-refractivity contribution < 1.29 is 13.9 Å². The second-order valence-corrected chi connectivity index (χ2v) is 13.1. The lowest BCUT2D eigenvalue weighted by atomic mass is 9.41. The number of carbonyl (C=O) groups is 1. The van der Waals surface area contributed by atoms with Crippen molar-refractivity contribution in [1.82, 2.24) is 9.97 Å². The van der Waals surface area contributed by atoms with Crippen molar-refractivity contribution in [2.45, 2.75) is 85.0 Å². The van der Waals surface area contributed by atoms with Gasteiger partial charge in [-0.25, -0.2) is 14.4 Å². The van der Waals surface area contributed by atoms with Crippen molar-refractivity contribution in [1.29, 1.82) is 0 Å². The van der Waals surface area contributed by atoms with Crippen LogP contribution in [0.5, 0.6) is 5.88 Å². The highest BCUT2D eigenvalue weighted by molar-refractivity contribution is 5.86. The van der Waals surface area contributed by atoms with Gasteiger partial charge >= 0.3 is 0 Å². The number of hydrogen-bond donors (Lipinski definition) is 0. The Hall–Kier alpha value is -2.04. The predicted octanol–water partition coefficient (Wildman–Crippen LogP) is 7.40. The van der Waals surface area contributed by atoms with Crippen LogP contribution in [0.3, 0.4) is 0 Å². The summed E-state index contributed by atoms with van der Waals surface area (Å²) in [5.74, 6) is 4.15. The fourth-order valence-corrected chi connectivity index (χ4v) is 9.58. The lowest BCUT2D eigenvalue weighted by molar-refractivity contribution is -0.158. The molecule has 4 nitrogen and oxygen atoms in total. The number of rotatable bonds is 4. The molecule has 8 atom stereocenters. The molecule has 1 aromatic heterocycles. The van der Waals surface area contributed by atoms with Gasteiger partial charge in [-0.3, -0.25) is 4.79 Å². The number of nitrogens with zero attached hydrogens (tertiary/aromatic N) is 2. The Morgan fingerprint density at radius 3 is 2.69 bits per heavy atom. The van der Waals surface area contributed by atoms with E-state index in [0.717, 1.165) is 42.9 Å². The summed E-state index contributed by atoms with van der Waals surface area (Å²) in [6.45, 7) is 7.49. The van der Waals surface area contributed by atoms with Crippen LogP contribution in [0, 0.1) is 52.2 Å². The molecule has 36 heavy (non-hydrogen) atoms. The summed E-state index contributed by atoms with van der Waals surface area (Å²) in [7, 11) is 0. The van der Waals surface area contributed by atoms with Crippen LogP contribution < -0.4 is 4.74 Å². The molecule has 5 heteroatoms. The number of fused-ring (bicyclic) bond motifs is 6. The predicted molar refractivity (Wildman–Crippen MR) is 139 cm³/mol. The standard InChI is InChI=1S/C31H41FN2O2/c1-19-12-14-30(2)20(16-19)10-11-21-23-7-5-8-25(31(23,3)15-13-24(21)30)27(35)17-36-29-22-6-4-9-26(32)28(22)33-18-34-29/h4,6,9,18-21,23-25H,5,7-8,10-17H2,1-3H3/t19-,20-,21-,23-,24-,25+,30-,31-/m0/s1. The third-order valence-corrected chi connectivity index (χ3v) is 11.5. The third kappa shape index (κ3) is 3.79. The summed E-state index contributed by atoms with van der Waals surface area (Å²) in [5.41, 5.74) is 0.796. The zero-order chi connectivity index (χ0) is 25.1. The van der Waals surface area contributed by atoms with Crippen molar-refractivity contribution in [3.63, 3.8) is 0 Å². The van der Waals surface area contributed by atoms with Crippen LogP contribution >= 0.6 is 0 Å². The Morgan fingerprint density at radius 1 is 1.03 bits per heavy atom. The van der Waals surface area contributed by atoms with Gasteiger partial charge in [0, 0.05) is 5.92 Å². The van der Waals surface area contributed by atoms with Crippen LogP contribution in [0.2, 0.25) is 0 Å². The molecule has 1 heterocycles. The number of ether oxygens (including phenoxy) is 1. The minimum Gasteiger partial charge on any atom is -0.469 e. The molecule has 0 spiro atoms. The van der Waals surface area contributed by atoms with Crippen molar-refractivity contribution >= 4 is 16.7 Å². The molecule has 4 aliphatic carbocycles. The molecule has 4 saturated carbocycles. The fraction of sp³-hybridized carbons (Fsp3) is 0.710. The minimum atomic E-state index is -0.402. The molecule has 0 radical (unpaired) electrons. The van der Waals surface area contributed by atoms with Crippen molar-refractivity contribution in [2.24, 2.45) is 46.3 Å². The van der Waals surface area contributed by atoms with Crippen molar-refractivity contribution in [2.75, 3.05) is 6.61 Å². The summed E-state index contributed by atoms with van der Waals surface area (Å²) >= 11 is 0. The maximum Gasteiger partial charge on any atom is 0.224 e. The van der Waals surface area contributed by atoms with Gasteiger partial charge in [0.05, 0.1) is 5.39 Å². The highest BCUT2D eigenvalue weighted by atomic mass is 19.1. The number of carbonyl (C=O) groups excluding carboxylic acids is 1. The SMILES string of the molecule is C[C@H]1CC[C@@]2(C)[C@@H](CC[C@@H]3[C@@H]2CC[C@]2(C)[C@@H](C(=O)COc4ncnc5c(F)cccc45)CCC[C@@H]32)C1.